The molecular weight excluding hydrogens is 260 g/mol. The van der Waals surface area contributed by atoms with Gasteiger partial charge in [0.2, 0.25) is 11.8 Å². The first-order valence-electron chi connectivity index (χ1n) is 6.23. The van der Waals surface area contributed by atoms with E-state index in [0.717, 1.165) is 0 Å². The maximum Gasteiger partial charge on any atom is 0.257 e. The Labute approximate surface area is 115 Å². The van der Waals surface area contributed by atoms with Gasteiger partial charge in [0.1, 0.15) is 12.6 Å². The summed E-state index contributed by atoms with van der Waals surface area (Å²) in [7, 11) is 0. The van der Waals surface area contributed by atoms with Crippen LogP contribution >= 0.6 is 0 Å². The van der Waals surface area contributed by atoms with Gasteiger partial charge in [-0.1, -0.05) is 6.92 Å². The smallest absolute Gasteiger partial charge is 0.257 e. The Morgan fingerprint density at radius 1 is 1.40 bits per heavy atom. The molecule has 1 aromatic carbocycles. The van der Waals surface area contributed by atoms with Crippen LogP contribution in [0.3, 0.4) is 0 Å². The van der Waals surface area contributed by atoms with Crippen LogP contribution in [0.25, 0.3) is 0 Å². The molecule has 1 heterocycles. The van der Waals surface area contributed by atoms with Crippen molar-refractivity contribution in [1.29, 1.82) is 0 Å². The third-order valence-electron chi connectivity index (χ3n) is 3.21. The third-order valence-corrected chi connectivity index (χ3v) is 3.21. The summed E-state index contributed by atoms with van der Waals surface area (Å²) in [6.45, 7) is 1.61. The van der Waals surface area contributed by atoms with Gasteiger partial charge >= 0.3 is 0 Å². The number of anilines is 2. The molecule has 2 rings (SSSR count). The van der Waals surface area contributed by atoms with Crippen LogP contribution in [0.1, 0.15) is 23.7 Å². The van der Waals surface area contributed by atoms with Crippen LogP contribution in [-0.2, 0) is 9.59 Å². The van der Waals surface area contributed by atoms with Crippen molar-refractivity contribution in [2.75, 3.05) is 18.0 Å². The minimum atomic E-state index is -0.669. The predicted molar refractivity (Wildman–Crippen MR) is 73.5 cm³/mol. The highest BCUT2D eigenvalue weighted by atomic mass is 16.2. The van der Waals surface area contributed by atoms with Gasteiger partial charge in [0.25, 0.3) is 5.91 Å². The summed E-state index contributed by atoms with van der Waals surface area (Å²) in [5.74, 6) is -1.41. The average molecular weight is 276 g/mol. The molecular formula is C13H16N4O3. The topological polar surface area (TPSA) is 119 Å². The molecule has 0 aliphatic carbocycles. The Hall–Kier alpha value is -2.57. The van der Waals surface area contributed by atoms with Crippen molar-refractivity contribution in [3.8, 4) is 0 Å². The van der Waals surface area contributed by atoms with E-state index in [4.69, 9.17) is 11.5 Å². The van der Waals surface area contributed by atoms with Crippen molar-refractivity contribution in [2.24, 2.45) is 0 Å². The van der Waals surface area contributed by atoms with Crippen LogP contribution in [0.5, 0.6) is 0 Å². The number of nitrogens with two attached hydrogens (primary N) is 2. The second-order valence-electron chi connectivity index (χ2n) is 4.62. The van der Waals surface area contributed by atoms with E-state index in [0.29, 0.717) is 12.1 Å². The van der Waals surface area contributed by atoms with Crippen molar-refractivity contribution >= 4 is 29.1 Å². The van der Waals surface area contributed by atoms with Gasteiger partial charge in [-0.25, -0.2) is 0 Å². The Morgan fingerprint density at radius 3 is 2.70 bits per heavy atom. The number of piperazine rings is 1. The number of imide groups is 1. The van der Waals surface area contributed by atoms with E-state index in [1.165, 1.54) is 17.0 Å². The maximum absolute atomic E-state index is 12.5. The second-order valence-corrected chi connectivity index (χ2v) is 4.62. The molecule has 7 heteroatoms. The van der Waals surface area contributed by atoms with Crippen LogP contribution in [0, 0.1) is 0 Å². The lowest BCUT2D eigenvalue weighted by molar-refractivity contribution is -0.138. The SMILES string of the molecule is CCC1C(=O)NC(=O)CN1C(=O)c1ccc(N)cc1N. The van der Waals surface area contributed by atoms with Gasteiger partial charge in [-0.05, 0) is 24.6 Å². The standard InChI is InChI=1S/C13H16N4O3/c1-2-10-12(19)16-11(18)6-17(10)13(20)8-4-3-7(14)5-9(8)15/h3-5,10H,2,6,14-15H2,1H3,(H,16,18,19). The number of carbonyl (C=O) groups is 3. The summed E-state index contributed by atoms with van der Waals surface area (Å²) in [6.07, 6.45) is 0.416. The van der Waals surface area contributed by atoms with Gasteiger partial charge < -0.3 is 16.4 Å². The summed E-state index contributed by atoms with van der Waals surface area (Å²) < 4.78 is 0. The molecule has 1 aromatic rings. The number of carbonyl (C=O) groups excluding carboxylic acids is 3. The van der Waals surface area contributed by atoms with Crippen molar-refractivity contribution in [1.82, 2.24) is 10.2 Å². The van der Waals surface area contributed by atoms with Crippen LogP contribution in [-0.4, -0.2) is 35.2 Å². The Bertz CT molecular complexity index is 585. The first-order valence-corrected chi connectivity index (χ1v) is 6.23. The molecule has 1 atom stereocenters. The molecule has 3 amide bonds. The van der Waals surface area contributed by atoms with Crippen molar-refractivity contribution in [3.05, 3.63) is 23.8 Å². The van der Waals surface area contributed by atoms with Crippen LogP contribution in [0.4, 0.5) is 11.4 Å². The number of hydrogen-bond acceptors (Lipinski definition) is 5. The summed E-state index contributed by atoms with van der Waals surface area (Å²) in [5, 5.41) is 2.22. The molecule has 1 aliphatic heterocycles. The number of benzene rings is 1. The largest absolute Gasteiger partial charge is 0.399 e. The Morgan fingerprint density at radius 2 is 2.10 bits per heavy atom. The van der Waals surface area contributed by atoms with E-state index in [2.05, 4.69) is 5.32 Å². The lowest BCUT2D eigenvalue weighted by Gasteiger charge is -2.33. The molecule has 5 N–H and O–H groups in total. The van der Waals surface area contributed by atoms with Crippen molar-refractivity contribution < 1.29 is 14.4 Å². The van der Waals surface area contributed by atoms with Gasteiger partial charge in [0.15, 0.2) is 0 Å². The highest BCUT2D eigenvalue weighted by Crippen LogP contribution is 2.20. The molecule has 1 unspecified atom stereocenters. The first kappa shape index (κ1) is 13.9. The molecule has 106 valence electrons. The van der Waals surface area contributed by atoms with Gasteiger partial charge in [-0.2, -0.15) is 0 Å². The Balaban J connectivity index is 2.34. The molecule has 1 fully saturated rings. The minimum absolute atomic E-state index is 0.160. The summed E-state index contributed by atoms with van der Waals surface area (Å²) in [4.78, 5) is 36.9. The first-order chi connectivity index (χ1) is 9.43. The lowest BCUT2D eigenvalue weighted by Crippen LogP contribution is -2.59. The summed E-state index contributed by atoms with van der Waals surface area (Å²) >= 11 is 0. The zero-order chi connectivity index (χ0) is 14.9. The molecule has 20 heavy (non-hydrogen) atoms. The fourth-order valence-corrected chi connectivity index (χ4v) is 2.22. The highest BCUT2D eigenvalue weighted by molar-refractivity contribution is 6.08. The molecule has 0 bridgehead atoms. The van der Waals surface area contributed by atoms with Crippen molar-refractivity contribution in [3.63, 3.8) is 0 Å². The summed E-state index contributed by atoms with van der Waals surface area (Å²) in [5.41, 5.74) is 12.3. The lowest BCUT2D eigenvalue weighted by atomic mass is 10.1. The number of rotatable bonds is 2. The van der Waals surface area contributed by atoms with Crippen molar-refractivity contribution in [2.45, 2.75) is 19.4 Å². The third kappa shape index (κ3) is 2.42. The van der Waals surface area contributed by atoms with Crippen LogP contribution in [0.15, 0.2) is 18.2 Å². The molecule has 7 nitrogen and oxygen atoms in total. The molecule has 0 aromatic heterocycles. The van der Waals surface area contributed by atoms with Crippen LogP contribution < -0.4 is 16.8 Å². The second kappa shape index (κ2) is 5.20. The number of hydrogen-bond donors (Lipinski definition) is 3. The zero-order valence-electron chi connectivity index (χ0n) is 11.1. The Kier molecular flexibility index (Phi) is 3.60. The number of nitrogens with zero attached hydrogens (tertiary/aromatic N) is 1. The van der Waals surface area contributed by atoms with Gasteiger partial charge in [-0.15, -0.1) is 0 Å². The molecule has 0 radical (unpaired) electrons. The minimum Gasteiger partial charge on any atom is -0.399 e. The molecule has 0 spiro atoms. The quantitative estimate of drug-likeness (QED) is 0.507. The van der Waals surface area contributed by atoms with E-state index in [9.17, 15) is 14.4 Å². The predicted octanol–water partition coefficient (Wildman–Crippen LogP) is -0.272. The summed E-state index contributed by atoms with van der Waals surface area (Å²) in [6, 6.07) is 3.85. The number of amides is 3. The number of nitrogen functional groups attached to an aromatic ring is 2. The number of nitrogens with one attached hydrogen (secondary N) is 1. The molecule has 0 saturated carbocycles. The van der Waals surface area contributed by atoms with Gasteiger partial charge in [-0.3, -0.25) is 19.7 Å². The van der Waals surface area contributed by atoms with E-state index in [1.54, 1.807) is 13.0 Å². The fraction of sp³-hybridized carbons (Fsp3) is 0.308. The molecule has 1 saturated heterocycles. The van der Waals surface area contributed by atoms with E-state index in [1.807, 2.05) is 0 Å². The van der Waals surface area contributed by atoms with Gasteiger partial charge in [0.05, 0.1) is 5.56 Å². The van der Waals surface area contributed by atoms with E-state index < -0.39 is 23.8 Å². The maximum atomic E-state index is 12.5. The average Bonchev–Trinajstić information content (AvgIpc) is 2.37. The normalized spacial score (nSPS) is 18.9. The fourth-order valence-electron chi connectivity index (χ4n) is 2.22. The van der Waals surface area contributed by atoms with Gasteiger partial charge in [0, 0.05) is 11.4 Å². The molecule has 1 aliphatic rings. The highest BCUT2D eigenvalue weighted by Gasteiger charge is 2.36. The zero-order valence-corrected chi connectivity index (χ0v) is 11.1. The van der Waals surface area contributed by atoms with E-state index in [-0.39, 0.29) is 17.8 Å². The van der Waals surface area contributed by atoms with E-state index >= 15 is 0 Å². The van der Waals surface area contributed by atoms with Crippen LogP contribution in [0.2, 0.25) is 0 Å². The monoisotopic (exact) mass is 276 g/mol.